The summed E-state index contributed by atoms with van der Waals surface area (Å²) in [7, 11) is -3.67. The van der Waals surface area contributed by atoms with Crippen LogP contribution in [0.5, 0.6) is 0 Å². The van der Waals surface area contributed by atoms with Crippen molar-refractivity contribution < 1.29 is 8.42 Å². The van der Waals surface area contributed by atoms with Gasteiger partial charge < -0.3 is 10.3 Å². The van der Waals surface area contributed by atoms with Gasteiger partial charge in [-0.25, -0.2) is 8.42 Å². The molecule has 0 aliphatic rings. The number of nitrogens with zero attached hydrogens (tertiary/aromatic N) is 3. The number of hydrogen-bond donors (Lipinski definition) is 2. The second kappa shape index (κ2) is 6.12. The van der Waals surface area contributed by atoms with Crippen LogP contribution in [0, 0.1) is 0 Å². The van der Waals surface area contributed by atoms with Gasteiger partial charge in [0.25, 0.3) is 10.0 Å². The quantitative estimate of drug-likeness (QED) is 0.840. The van der Waals surface area contributed by atoms with Crippen molar-refractivity contribution >= 4 is 26.5 Å². The lowest BCUT2D eigenvalue weighted by Gasteiger charge is -2.10. The van der Waals surface area contributed by atoms with Gasteiger partial charge in [-0.15, -0.1) is 10.2 Å². The highest BCUT2D eigenvalue weighted by Crippen LogP contribution is 2.23. The topological polar surface area (TPSA) is 103 Å². The Kier molecular flexibility index (Phi) is 4.64. The lowest BCUT2D eigenvalue weighted by atomic mass is 10.3. The number of sulfonamides is 1. The minimum Gasteiger partial charge on any atom is -0.346 e. The first-order chi connectivity index (χ1) is 9.87. The fourth-order valence-corrected chi connectivity index (χ4v) is 3.86. The van der Waals surface area contributed by atoms with Crippen LogP contribution in [0.15, 0.2) is 17.2 Å². The molecule has 3 N–H and O–H groups in total. The monoisotopic (exact) mass is 329 g/mol. The molecule has 0 bridgehead atoms. The summed E-state index contributed by atoms with van der Waals surface area (Å²) in [6.45, 7) is 6.17. The van der Waals surface area contributed by atoms with Gasteiger partial charge in [0.1, 0.15) is 9.90 Å². The summed E-state index contributed by atoms with van der Waals surface area (Å²) in [6, 6.07) is 1.73. The van der Waals surface area contributed by atoms with Gasteiger partial charge in [0.2, 0.25) is 5.13 Å². The molecule has 0 aliphatic carbocycles. The Labute approximate surface area is 128 Å². The fourth-order valence-electron chi connectivity index (χ4n) is 1.90. The molecule has 0 unspecified atom stereocenters. The van der Waals surface area contributed by atoms with E-state index in [1.165, 1.54) is 11.3 Å². The zero-order valence-corrected chi connectivity index (χ0v) is 13.8. The third-order valence-electron chi connectivity index (χ3n) is 2.97. The fraction of sp³-hybridized carbons (Fsp3) is 0.500. The smallest absolute Gasteiger partial charge is 0.265 e. The Morgan fingerprint density at radius 3 is 2.62 bits per heavy atom. The van der Waals surface area contributed by atoms with Crippen LogP contribution in [0.4, 0.5) is 5.13 Å². The third-order valence-corrected chi connectivity index (χ3v) is 5.39. The summed E-state index contributed by atoms with van der Waals surface area (Å²) in [6.07, 6.45) is 2.32. The molecule has 0 atom stereocenters. The standard InChI is InChI=1S/C12H19N5O2S2/c1-4-11-14-15-12(20-11)16-21(18,19)10-5-9(6-13)17(7-10)8(2)3/h5,7-8H,4,6,13H2,1-3H3,(H,15,16). The molecule has 2 aromatic heterocycles. The van der Waals surface area contributed by atoms with Crippen LogP contribution in [0.3, 0.4) is 0 Å². The van der Waals surface area contributed by atoms with Gasteiger partial charge in [-0.2, -0.15) is 0 Å². The molecule has 21 heavy (non-hydrogen) atoms. The first kappa shape index (κ1) is 15.9. The molecule has 0 saturated carbocycles. The second-order valence-electron chi connectivity index (χ2n) is 4.83. The van der Waals surface area contributed by atoms with E-state index in [1.54, 1.807) is 12.3 Å². The van der Waals surface area contributed by atoms with Gasteiger partial charge in [0.05, 0.1) is 0 Å². The van der Waals surface area contributed by atoms with Crippen LogP contribution in [0.2, 0.25) is 0 Å². The number of nitrogens with one attached hydrogen (secondary N) is 1. The summed E-state index contributed by atoms with van der Waals surface area (Å²) in [5, 5.41) is 8.79. The van der Waals surface area contributed by atoms with Gasteiger partial charge in [0, 0.05) is 24.5 Å². The molecule has 2 rings (SSSR count). The van der Waals surface area contributed by atoms with Crippen LogP contribution in [-0.2, 0) is 23.0 Å². The van der Waals surface area contributed by atoms with E-state index >= 15 is 0 Å². The largest absolute Gasteiger partial charge is 0.346 e. The Bertz CT molecular complexity index is 718. The molecule has 0 aliphatic heterocycles. The summed E-state index contributed by atoms with van der Waals surface area (Å²) >= 11 is 1.23. The van der Waals surface area contributed by atoms with Crippen molar-refractivity contribution in [3.63, 3.8) is 0 Å². The van der Waals surface area contributed by atoms with E-state index in [2.05, 4.69) is 14.9 Å². The SMILES string of the molecule is CCc1nnc(NS(=O)(=O)c2cc(CN)n(C(C)C)c2)s1. The van der Waals surface area contributed by atoms with Crippen molar-refractivity contribution in [2.75, 3.05) is 4.72 Å². The molecule has 0 spiro atoms. The minimum atomic E-state index is -3.67. The number of aryl methyl sites for hydroxylation is 1. The molecule has 2 heterocycles. The molecule has 116 valence electrons. The zero-order chi connectivity index (χ0) is 15.6. The van der Waals surface area contributed by atoms with Gasteiger partial charge >= 0.3 is 0 Å². The van der Waals surface area contributed by atoms with E-state index in [9.17, 15) is 8.42 Å². The number of aromatic nitrogens is 3. The highest BCUT2D eigenvalue weighted by Gasteiger charge is 2.20. The summed E-state index contributed by atoms with van der Waals surface area (Å²) in [5.41, 5.74) is 6.44. The van der Waals surface area contributed by atoms with Crippen LogP contribution in [0.1, 0.15) is 37.5 Å². The van der Waals surface area contributed by atoms with Crippen LogP contribution in [-0.4, -0.2) is 23.2 Å². The molecule has 0 fully saturated rings. The lowest BCUT2D eigenvalue weighted by molar-refractivity contribution is 0.573. The molecule has 7 nitrogen and oxygen atoms in total. The van der Waals surface area contributed by atoms with Crippen molar-refractivity contribution in [1.82, 2.24) is 14.8 Å². The highest BCUT2D eigenvalue weighted by atomic mass is 32.2. The molecular weight excluding hydrogens is 310 g/mol. The molecule has 9 heteroatoms. The maximum atomic E-state index is 12.4. The van der Waals surface area contributed by atoms with Crippen molar-refractivity contribution in [1.29, 1.82) is 0 Å². The maximum Gasteiger partial charge on any atom is 0.265 e. The summed E-state index contributed by atoms with van der Waals surface area (Å²) in [4.78, 5) is 0.185. The Morgan fingerprint density at radius 1 is 1.43 bits per heavy atom. The van der Waals surface area contributed by atoms with Crippen molar-refractivity contribution in [2.24, 2.45) is 5.73 Å². The average molecular weight is 329 g/mol. The predicted octanol–water partition coefficient (Wildman–Crippen LogP) is 1.74. The highest BCUT2D eigenvalue weighted by molar-refractivity contribution is 7.93. The summed E-state index contributed by atoms with van der Waals surface area (Å²) in [5.74, 6) is 0. The van der Waals surface area contributed by atoms with Crippen molar-refractivity contribution in [3.8, 4) is 0 Å². The van der Waals surface area contributed by atoms with Crippen molar-refractivity contribution in [3.05, 3.63) is 23.0 Å². The van der Waals surface area contributed by atoms with Gasteiger partial charge in [-0.05, 0) is 26.3 Å². The Morgan fingerprint density at radius 2 is 2.14 bits per heavy atom. The summed E-state index contributed by atoms with van der Waals surface area (Å²) < 4.78 is 29.1. The second-order valence-corrected chi connectivity index (χ2v) is 7.58. The van der Waals surface area contributed by atoms with Gasteiger partial charge in [-0.1, -0.05) is 18.3 Å². The van der Waals surface area contributed by atoms with Crippen LogP contribution in [0.25, 0.3) is 0 Å². The lowest BCUT2D eigenvalue weighted by Crippen LogP contribution is -2.12. The number of anilines is 1. The maximum absolute atomic E-state index is 12.4. The van der Waals surface area contributed by atoms with E-state index in [0.29, 0.717) is 0 Å². The Hall–Kier alpha value is -1.45. The molecule has 0 aromatic carbocycles. The van der Waals surface area contributed by atoms with Gasteiger partial charge in [0.15, 0.2) is 0 Å². The van der Waals surface area contributed by atoms with Gasteiger partial charge in [-0.3, -0.25) is 4.72 Å². The van der Waals surface area contributed by atoms with E-state index in [0.717, 1.165) is 17.1 Å². The molecular formula is C12H19N5O2S2. The first-order valence-electron chi connectivity index (χ1n) is 6.63. The minimum absolute atomic E-state index is 0.140. The van der Waals surface area contributed by atoms with E-state index in [4.69, 9.17) is 5.73 Å². The molecule has 0 amide bonds. The third kappa shape index (κ3) is 3.42. The Balaban J connectivity index is 2.31. The molecule has 2 aromatic rings. The van der Waals surface area contributed by atoms with Crippen LogP contribution < -0.4 is 10.5 Å². The average Bonchev–Trinajstić information content (AvgIpc) is 3.04. The number of rotatable bonds is 6. The normalized spacial score (nSPS) is 12.0. The van der Waals surface area contributed by atoms with Crippen molar-refractivity contribution in [2.45, 2.75) is 44.7 Å². The zero-order valence-electron chi connectivity index (χ0n) is 12.2. The number of hydrogen-bond acceptors (Lipinski definition) is 6. The first-order valence-corrected chi connectivity index (χ1v) is 8.93. The van der Waals surface area contributed by atoms with E-state index < -0.39 is 10.0 Å². The van der Waals surface area contributed by atoms with E-state index in [-0.39, 0.29) is 22.6 Å². The molecule has 0 radical (unpaired) electrons. The number of nitrogens with two attached hydrogens (primary N) is 1. The molecule has 0 saturated heterocycles. The van der Waals surface area contributed by atoms with Crippen LogP contribution >= 0.6 is 11.3 Å². The predicted molar refractivity (Wildman–Crippen MR) is 82.8 cm³/mol. The van der Waals surface area contributed by atoms with E-state index in [1.807, 2.05) is 25.3 Å².